The number of carbonyl (C=O) groups is 1. The summed E-state index contributed by atoms with van der Waals surface area (Å²) in [5.74, 6) is 1.58. The Balaban J connectivity index is 1.82. The van der Waals surface area contributed by atoms with Crippen LogP contribution in [-0.2, 0) is 0 Å². The van der Waals surface area contributed by atoms with E-state index in [4.69, 9.17) is 9.47 Å². The van der Waals surface area contributed by atoms with Gasteiger partial charge in [0, 0.05) is 17.5 Å². The molecule has 1 heterocycles. The van der Waals surface area contributed by atoms with Crippen LogP contribution in [0.4, 0.5) is 0 Å². The number of fused-ring (bicyclic) bond motifs is 1. The minimum absolute atomic E-state index is 0.0566. The molecule has 0 unspecified atom stereocenters. The van der Waals surface area contributed by atoms with Crippen LogP contribution in [0.1, 0.15) is 62.0 Å². The minimum Gasteiger partial charge on any atom is -0.494 e. The Morgan fingerprint density at radius 2 is 1.81 bits per heavy atom. The molecule has 4 nitrogen and oxygen atoms in total. The molecule has 1 N–H and O–H groups in total. The monoisotopic (exact) mass is 353 g/mol. The average molecular weight is 353 g/mol. The molecule has 3 rings (SSSR count). The molecule has 1 aliphatic heterocycles. The van der Waals surface area contributed by atoms with Crippen molar-refractivity contribution >= 4 is 5.91 Å². The second kappa shape index (κ2) is 7.81. The Kier molecular flexibility index (Phi) is 5.50. The molecule has 2 aromatic carbocycles. The Morgan fingerprint density at radius 1 is 1.12 bits per heavy atom. The summed E-state index contributed by atoms with van der Waals surface area (Å²) in [7, 11) is 0. The van der Waals surface area contributed by atoms with Gasteiger partial charge in [-0.1, -0.05) is 32.0 Å². The van der Waals surface area contributed by atoms with Gasteiger partial charge in [0.1, 0.15) is 17.1 Å². The number of amides is 1. The van der Waals surface area contributed by atoms with E-state index in [0.29, 0.717) is 12.2 Å². The van der Waals surface area contributed by atoms with Gasteiger partial charge < -0.3 is 14.8 Å². The second-order valence-corrected chi connectivity index (χ2v) is 6.72. The van der Waals surface area contributed by atoms with Gasteiger partial charge in [0.15, 0.2) is 0 Å². The zero-order valence-electron chi connectivity index (χ0n) is 15.7. The summed E-state index contributed by atoms with van der Waals surface area (Å²) < 4.78 is 11.8. The van der Waals surface area contributed by atoms with Crippen molar-refractivity contribution in [3.63, 3.8) is 0 Å². The number of rotatable bonds is 6. The molecule has 1 amide bonds. The van der Waals surface area contributed by atoms with Gasteiger partial charge in [-0.25, -0.2) is 0 Å². The van der Waals surface area contributed by atoms with E-state index in [-0.39, 0.29) is 17.6 Å². The molecule has 0 spiro atoms. The molecule has 0 aromatic heterocycles. The van der Waals surface area contributed by atoms with Crippen molar-refractivity contribution in [1.29, 1.82) is 0 Å². The van der Waals surface area contributed by atoms with E-state index < -0.39 is 0 Å². The van der Waals surface area contributed by atoms with E-state index in [1.54, 1.807) is 12.1 Å². The van der Waals surface area contributed by atoms with Gasteiger partial charge in [0.25, 0.3) is 5.91 Å². The molecular formula is C22H27NO3. The molecule has 26 heavy (non-hydrogen) atoms. The largest absolute Gasteiger partial charge is 0.494 e. The van der Waals surface area contributed by atoms with Crippen LogP contribution < -0.4 is 14.8 Å². The molecule has 0 aliphatic carbocycles. The molecule has 0 saturated heterocycles. The van der Waals surface area contributed by atoms with Crippen LogP contribution in [0.15, 0.2) is 48.5 Å². The van der Waals surface area contributed by atoms with E-state index in [1.165, 1.54) is 0 Å². The molecule has 0 bridgehead atoms. The fraction of sp³-hybridized carbons (Fsp3) is 0.409. The zero-order chi connectivity index (χ0) is 18.6. The standard InChI is InChI=1S/C22H27NO3/c1-4-22(5-2)15-19(18-9-7-8-10-20(18)26-22)23-21(24)16-11-13-17(14-12-16)25-6-3/h7-14,19H,4-6,15H2,1-3H3,(H,23,24)/t19-/m1/s1. The lowest BCUT2D eigenvalue weighted by atomic mass is 9.83. The lowest BCUT2D eigenvalue weighted by molar-refractivity contribution is 0.0227. The first-order valence-corrected chi connectivity index (χ1v) is 9.42. The average Bonchev–Trinajstić information content (AvgIpc) is 2.68. The van der Waals surface area contributed by atoms with E-state index >= 15 is 0 Å². The lowest BCUT2D eigenvalue weighted by Gasteiger charge is -2.41. The summed E-state index contributed by atoms with van der Waals surface area (Å²) in [6.07, 6.45) is 2.60. The van der Waals surface area contributed by atoms with Gasteiger partial charge in [0.2, 0.25) is 0 Å². The normalized spacial score (nSPS) is 17.7. The summed E-state index contributed by atoms with van der Waals surface area (Å²) in [5.41, 5.74) is 1.45. The van der Waals surface area contributed by atoms with E-state index in [1.807, 2.05) is 43.3 Å². The van der Waals surface area contributed by atoms with Crippen LogP contribution in [0.25, 0.3) is 0 Å². The summed E-state index contributed by atoms with van der Waals surface area (Å²) in [4.78, 5) is 12.8. The van der Waals surface area contributed by atoms with Crippen molar-refractivity contribution in [1.82, 2.24) is 5.32 Å². The number of carbonyl (C=O) groups excluding carboxylic acids is 1. The molecule has 0 saturated carbocycles. The molecule has 1 atom stereocenters. The number of hydrogen-bond donors (Lipinski definition) is 1. The van der Waals surface area contributed by atoms with Crippen molar-refractivity contribution in [2.45, 2.75) is 51.7 Å². The first-order valence-electron chi connectivity index (χ1n) is 9.42. The number of para-hydroxylation sites is 1. The van der Waals surface area contributed by atoms with Crippen molar-refractivity contribution < 1.29 is 14.3 Å². The highest BCUT2D eigenvalue weighted by Crippen LogP contribution is 2.42. The molecule has 4 heteroatoms. The van der Waals surface area contributed by atoms with Crippen molar-refractivity contribution in [3.05, 3.63) is 59.7 Å². The highest BCUT2D eigenvalue weighted by atomic mass is 16.5. The summed E-state index contributed by atoms with van der Waals surface area (Å²) in [6, 6.07) is 15.2. The maximum absolute atomic E-state index is 12.8. The van der Waals surface area contributed by atoms with Crippen LogP contribution in [0.2, 0.25) is 0 Å². The van der Waals surface area contributed by atoms with E-state index in [9.17, 15) is 4.79 Å². The Hall–Kier alpha value is -2.49. The topological polar surface area (TPSA) is 47.6 Å². The molecule has 0 radical (unpaired) electrons. The molecule has 138 valence electrons. The summed E-state index contributed by atoms with van der Waals surface area (Å²) in [5, 5.41) is 3.21. The van der Waals surface area contributed by atoms with Crippen molar-refractivity contribution in [3.8, 4) is 11.5 Å². The third-order valence-electron chi connectivity index (χ3n) is 5.22. The second-order valence-electron chi connectivity index (χ2n) is 6.72. The summed E-state index contributed by atoms with van der Waals surface area (Å²) >= 11 is 0. The third kappa shape index (κ3) is 3.69. The molecular weight excluding hydrogens is 326 g/mol. The SMILES string of the molecule is CCOc1ccc(C(=O)N[C@@H]2CC(CC)(CC)Oc3ccccc32)cc1. The molecule has 2 aromatic rings. The number of nitrogens with one attached hydrogen (secondary N) is 1. The van der Waals surface area contributed by atoms with Gasteiger partial charge in [-0.15, -0.1) is 0 Å². The minimum atomic E-state index is -0.231. The third-order valence-corrected chi connectivity index (χ3v) is 5.22. The zero-order valence-corrected chi connectivity index (χ0v) is 15.7. The van der Waals surface area contributed by atoms with Crippen molar-refractivity contribution in [2.75, 3.05) is 6.61 Å². The molecule has 0 fully saturated rings. The quantitative estimate of drug-likeness (QED) is 0.804. The van der Waals surface area contributed by atoms with Gasteiger partial charge in [-0.2, -0.15) is 0 Å². The maximum atomic E-state index is 12.8. The van der Waals surface area contributed by atoms with Crippen LogP contribution in [0.5, 0.6) is 11.5 Å². The van der Waals surface area contributed by atoms with Crippen LogP contribution in [0.3, 0.4) is 0 Å². The van der Waals surface area contributed by atoms with Crippen LogP contribution in [-0.4, -0.2) is 18.1 Å². The fourth-order valence-electron chi connectivity index (χ4n) is 3.54. The highest BCUT2D eigenvalue weighted by molar-refractivity contribution is 5.94. The molecule has 1 aliphatic rings. The van der Waals surface area contributed by atoms with Gasteiger partial charge in [-0.05, 0) is 50.1 Å². The predicted molar refractivity (Wildman–Crippen MR) is 103 cm³/mol. The van der Waals surface area contributed by atoms with Crippen molar-refractivity contribution in [2.24, 2.45) is 0 Å². The Labute approximate surface area is 155 Å². The lowest BCUT2D eigenvalue weighted by Crippen LogP contribution is -2.44. The van der Waals surface area contributed by atoms with Crippen LogP contribution >= 0.6 is 0 Å². The Morgan fingerprint density at radius 3 is 2.46 bits per heavy atom. The summed E-state index contributed by atoms with van der Waals surface area (Å²) in [6.45, 7) is 6.84. The highest BCUT2D eigenvalue weighted by Gasteiger charge is 2.38. The van der Waals surface area contributed by atoms with E-state index in [0.717, 1.165) is 36.3 Å². The van der Waals surface area contributed by atoms with Crippen LogP contribution in [0, 0.1) is 0 Å². The van der Waals surface area contributed by atoms with Gasteiger partial charge in [0.05, 0.1) is 12.6 Å². The van der Waals surface area contributed by atoms with E-state index in [2.05, 4.69) is 19.2 Å². The maximum Gasteiger partial charge on any atom is 0.251 e. The predicted octanol–water partition coefficient (Wildman–Crippen LogP) is 4.90. The fourth-order valence-corrected chi connectivity index (χ4v) is 3.54. The number of hydrogen-bond acceptors (Lipinski definition) is 3. The number of ether oxygens (including phenoxy) is 2. The Bertz CT molecular complexity index is 750. The smallest absolute Gasteiger partial charge is 0.251 e. The van der Waals surface area contributed by atoms with Gasteiger partial charge in [-0.3, -0.25) is 4.79 Å². The van der Waals surface area contributed by atoms with Gasteiger partial charge >= 0.3 is 0 Å². The first-order chi connectivity index (χ1) is 12.6. The first kappa shape index (κ1) is 18.3. The number of benzene rings is 2.